The summed E-state index contributed by atoms with van der Waals surface area (Å²) in [7, 11) is 0. The highest BCUT2D eigenvalue weighted by atomic mass is 32.1. The van der Waals surface area contributed by atoms with Crippen LogP contribution in [-0.2, 0) is 0 Å². The number of benzene rings is 1. The van der Waals surface area contributed by atoms with Crippen molar-refractivity contribution in [2.24, 2.45) is 0 Å². The molecule has 2 aromatic rings. The average Bonchev–Trinajstić information content (AvgIpc) is 2.69. The van der Waals surface area contributed by atoms with E-state index >= 15 is 0 Å². The molecule has 0 saturated heterocycles. The lowest BCUT2D eigenvalue weighted by Crippen LogP contribution is -1.99. The van der Waals surface area contributed by atoms with Gasteiger partial charge in [0.25, 0.3) is 0 Å². The predicted molar refractivity (Wildman–Crippen MR) is 66.2 cm³/mol. The fraction of sp³-hybridized carbons (Fsp3) is 0.154. The molecule has 0 unspecified atom stereocenters. The third-order valence-electron chi connectivity index (χ3n) is 2.59. The minimum Gasteiger partial charge on any atom is -0.478 e. The molecule has 16 heavy (non-hydrogen) atoms. The molecule has 1 aromatic heterocycles. The molecule has 1 heterocycles. The van der Waals surface area contributed by atoms with Gasteiger partial charge in [-0.15, -0.1) is 0 Å². The van der Waals surface area contributed by atoms with Crippen LogP contribution in [0.2, 0.25) is 0 Å². The summed E-state index contributed by atoms with van der Waals surface area (Å²) in [6, 6.07) is 5.51. The summed E-state index contributed by atoms with van der Waals surface area (Å²) in [6.45, 7) is 3.90. The second kappa shape index (κ2) is 4.10. The van der Waals surface area contributed by atoms with Crippen molar-refractivity contribution in [2.75, 3.05) is 0 Å². The zero-order chi connectivity index (χ0) is 11.7. The number of aromatic carboxylic acids is 1. The van der Waals surface area contributed by atoms with Crippen molar-refractivity contribution in [3.8, 4) is 11.1 Å². The Bertz CT molecular complexity index is 504. The van der Waals surface area contributed by atoms with Gasteiger partial charge in [0.15, 0.2) is 0 Å². The lowest BCUT2D eigenvalue weighted by molar-refractivity contribution is 0.0696. The largest absolute Gasteiger partial charge is 0.478 e. The molecule has 0 radical (unpaired) electrons. The molecule has 0 atom stereocenters. The van der Waals surface area contributed by atoms with E-state index in [0.717, 1.165) is 22.3 Å². The normalized spacial score (nSPS) is 10.4. The fourth-order valence-electron chi connectivity index (χ4n) is 1.95. The van der Waals surface area contributed by atoms with Crippen LogP contribution in [0.25, 0.3) is 11.1 Å². The summed E-state index contributed by atoms with van der Waals surface area (Å²) >= 11 is 1.65. The van der Waals surface area contributed by atoms with E-state index in [2.05, 4.69) is 11.4 Å². The molecule has 2 rings (SSSR count). The van der Waals surface area contributed by atoms with Crippen LogP contribution in [0.5, 0.6) is 0 Å². The van der Waals surface area contributed by atoms with E-state index in [9.17, 15) is 4.79 Å². The van der Waals surface area contributed by atoms with E-state index in [1.807, 2.05) is 19.2 Å². The SMILES string of the molecule is Cc1cc(C(=O)O)cc(C)c1-c1ccsc1. The maximum absolute atomic E-state index is 10.9. The molecule has 0 spiro atoms. The van der Waals surface area contributed by atoms with Crippen molar-refractivity contribution in [2.45, 2.75) is 13.8 Å². The van der Waals surface area contributed by atoms with Crippen LogP contribution < -0.4 is 0 Å². The first kappa shape index (κ1) is 10.9. The molecule has 0 fully saturated rings. The van der Waals surface area contributed by atoms with Crippen LogP contribution in [0.4, 0.5) is 0 Å². The van der Waals surface area contributed by atoms with Gasteiger partial charge in [-0.1, -0.05) is 0 Å². The predicted octanol–water partition coefficient (Wildman–Crippen LogP) is 3.73. The zero-order valence-corrected chi connectivity index (χ0v) is 9.97. The minimum absolute atomic E-state index is 0.356. The number of thiophene rings is 1. The average molecular weight is 232 g/mol. The van der Waals surface area contributed by atoms with Crippen LogP contribution in [0, 0.1) is 13.8 Å². The van der Waals surface area contributed by atoms with Gasteiger partial charge in [-0.05, 0) is 65.1 Å². The number of rotatable bonds is 2. The van der Waals surface area contributed by atoms with E-state index in [0.29, 0.717) is 5.56 Å². The van der Waals surface area contributed by atoms with Gasteiger partial charge in [0, 0.05) is 0 Å². The lowest BCUT2D eigenvalue weighted by Gasteiger charge is -2.09. The number of carboxylic acid groups (broad SMARTS) is 1. The summed E-state index contributed by atoms with van der Waals surface area (Å²) in [5.74, 6) is -0.872. The molecule has 0 aliphatic carbocycles. The molecule has 0 aliphatic heterocycles. The van der Waals surface area contributed by atoms with Gasteiger partial charge < -0.3 is 5.11 Å². The molecule has 82 valence electrons. The Labute approximate surface area is 98.2 Å². The highest BCUT2D eigenvalue weighted by molar-refractivity contribution is 7.08. The van der Waals surface area contributed by atoms with Gasteiger partial charge in [-0.25, -0.2) is 4.79 Å². The number of carbonyl (C=O) groups is 1. The van der Waals surface area contributed by atoms with Crippen molar-refractivity contribution in [3.63, 3.8) is 0 Å². The summed E-state index contributed by atoms with van der Waals surface area (Å²) in [4.78, 5) is 10.9. The van der Waals surface area contributed by atoms with Gasteiger partial charge in [0.2, 0.25) is 0 Å². The van der Waals surface area contributed by atoms with Crippen molar-refractivity contribution in [3.05, 3.63) is 45.6 Å². The Kier molecular flexibility index (Phi) is 2.79. The maximum atomic E-state index is 10.9. The van der Waals surface area contributed by atoms with Gasteiger partial charge in [-0.2, -0.15) is 11.3 Å². The fourth-order valence-corrected chi connectivity index (χ4v) is 2.60. The molecular weight excluding hydrogens is 220 g/mol. The lowest BCUT2D eigenvalue weighted by atomic mass is 9.95. The summed E-state index contributed by atoms with van der Waals surface area (Å²) in [6.07, 6.45) is 0. The smallest absolute Gasteiger partial charge is 0.335 e. The maximum Gasteiger partial charge on any atom is 0.335 e. The summed E-state index contributed by atoms with van der Waals surface area (Å²) in [5.41, 5.74) is 4.68. The first-order valence-corrected chi connectivity index (χ1v) is 5.91. The number of hydrogen-bond acceptors (Lipinski definition) is 2. The second-order valence-electron chi connectivity index (χ2n) is 3.80. The van der Waals surface area contributed by atoms with Crippen molar-refractivity contribution >= 4 is 17.3 Å². The van der Waals surface area contributed by atoms with E-state index in [4.69, 9.17) is 5.11 Å². The van der Waals surface area contributed by atoms with Crippen LogP contribution >= 0.6 is 11.3 Å². The highest BCUT2D eigenvalue weighted by Crippen LogP contribution is 2.29. The van der Waals surface area contributed by atoms with E-state index in [-0.39, 0.29) is 0 Å². The molecule has 0 saturated carbocycles. The summed E-state index contributed by atoms with van der Waals surface area (Å²) in [5, 5.41) is 13.1. The molecule has 2 nitrogen and oxygen atoms in total. The Balaban J connectivity index is 2.61. The third-order valence-corrected chi connectivity index (χ3v) is 3.27. The van der Waals surface area contributed by atoms with Crippen molar-refractivity contribution in [1.29, 1.82) is 0 Å². The van der Waals surface area contributed by atoms with E-state index < -0.39 is 5.97 Å². The van der Waals surface area contributed by atoms with Crippen molar-refractivity contribution in [1.82, 2.24) is 0 Å². The third kappa shape index (κ3) is 1.86. The molecular formula is C13H12O2S. The van der Waals surface area contributed by atoms with Crippen LogP contribution in [-0.4, -0.2) is 11.1 Å². The minimum atomic E-state index is -0.872. The zero-order valence-electron chi connectivity index (χ0n) is 9.15. The molecule has 0 amide bonds. The number of carboxylic acids is 1. The van der Waals surface area contributed by atoms with Gasteiger partial charge in [0.1, 0.15) is 0 Å². The standard InChI is InChI=1S/C13H12O2S/c1-8-5-11(13(14)15)6-9(2)12(8)10-3-4-16-7-10/h3-7H,1-2H3,(H,14,15). The number of hydrogen-bond donors (Lipinski definition) is 1. The first-order valence-electron chi connectivity index (χ1n) is 4.96. The van der Waals surface area contributed by atoms with Crippen molar-refractivity contribution < 1.29 is 9.90 Å². The van der Waals surface area contributed by atoms with Gasteiger partial charge in [-0.3, -0.25) is 0 Å². The van der Waals surface area contributed by atoms with Crippen LogP contribution in [0.1, 0.15) is 21.5 Å². The van der Waals surface area contributed by atoms with Gasteiger partial charge >= 0.3 is 5.97 Å². The Morgan fingerprint density at radius 2 is 1.88 bits per heavy atom. The van der Waals surface area contributed by atoms with Gasteiger partial charge in [0.05, 0.1) is 5.56 Å². The molecule has 3 heteroatoms. The Morgan fingerprint density at radius 3 is 2.31 bits per heavy atom. The Hall–Kier alpha value is -1.61. The topological polar surface area (TPSA) is 37.3 Å². The van der Waals surface area contributed by atoms with Crippen LogP contribution in [0.3, 0.4) is 0 Å². The quantitative estimate of drug-likeness (QED) is 0.856. The molecule has 1 N–H and O–H groups in total. The van der Waals surface area contributed by atoms with E-state index in [1.54, 1.807) is 23.5 Å². The molecule has 0 bridgehead atoms. The highest BCUT2D eigenvalue weighted by Gasteiger charge is 2.11. The molecule has 0 aliphatic rings. The summed E-state index contributed by atoms with van der Waals surface area (Å²) < 4.78 is 0. The van der Waals surface area contributed by atoms with Crippen LogP contribution in [0.15, 0.2) is 29.0 Å². The molecule has 1 aromatic carbocycles. The second-order valence-corrected chi connectivity index (χ2v) is 4.58. The monoisotopic (exact) mass is 232 g/mol. The Morgan fingerprint density at radius 1 is 1.25 bits per heavy atom. The number of aryl methyl sites for hydroxylation is 2. The first-order chi connectivity index (χ1) is 7.59. The van der Waals surface area contributed by atoms with E-state index in [1.165, 1.54) is 0 Å².